The number of piperidine rings is 1. The van der Waals surface area contributed by atoms with Crippen molar-refractivity contribution in [2.75, 3.05) is 25.5 Å². The quantitative estimate of drug-likeness (QED) is 0.429. The van der Waals surface area contributed by atoms with Gasteiger partial charge in [-0.05, 0) is 24.3 Å². The maximum Gasteiger partial charge on any atom is 0.245 e. The molecule has 8 nitrogen and oxygen atoms in total. The van der Waals surface area contributed by atoms with Gasteiger partial charge in [0.15, 0.2) is 11.5 Å². The molecule has 1 fully saturated rings. The highest BCUT2D eigenvalue weighted by Gasteiger charge is 2.24. The molecule has 1 aliphatic heterocycles. The van der Waals surface area contributed by atoms with E-state index in [1.54, 1.807) is 18.2 Å². The van der Waals surface area contributed by atoms with Crippen LogP contribution in [-0.4, -0.2) is 52.1 Å². The number of likely N-dealkylation sites (tertiary alicyclic amines) is 1. The summed E-state index contributed by atoms with van der Waals surface area (Å²) < 4.78 is 11.9. The molecule has 4 aromatic rings. The number of fused-ring (bicyclic) bond motifs is 2. The molecule has 0 atom stereocenters. The average Bonchev–Trinajstić information content (AvgIpc) is 2.89. The Morgan fingerprint density at radius 2 is 1.88 bits per heavy atom. The van der Waals surface area contributed by atoms with Crippen molar-refractivity contribution in [3.8, 4) is 11.5 Å². The largest absolute Gasteiger partial charge is 0.493 e. The van der Waals surface area contributed by atoms with Gasteiger partial charge in [-0.15, -0.1) is 0 Å². The van der Waals surface area contributed by atoms with Crippen LogP contribution in [0.5, 0.6) is 11.5 Å². The zero-order valence-electron chi connectivity index (χ0n) is 18.9. The van der Waals surface area contributed by atoms with Crippen molar-refractivity contribution in [3.05, 3.63) is 67.6 Å². The number of hydrogen-bond acceptors (Lipinski definition) is 7. The molecule has 0 bridgehead atoms. The number of anilines is 2. The van der Waals surface area contributed by atoms with Crippen molar-refractivity contribution in [2.45, 2.75) is 18.9 Å². The maximum atomic E-state index is 11.9. The van der Waals surface area contributed by atoms with Gasteiger partial charge in [0.1, 0.15) is 18.2 Å². The number of nitrogens with one attached hydrogen (secondary N) is 1. The molecule has 1 aliphatic rings. The van der Waals surface area contributed by atoms with E-state index in [-0.39, 0.29) is 12.0 Å². The smallest absolute Gasteiger partial charge is 0.245 e. The average molecular weight is 456 g/mol. The standard InChI is InChI=1S/C26H25N5O3/c1-3-25(32)31-12-9-17(10-13-31)34-24-14-19-22(15-23(24)33-2)28-16-29-26(19)30-21-8-11-27-20-7-5-4-6-18(20)21/h3-8,11,14-17H,1,9-10,12-13H2,2H3,(H,27,28,29,30). The summed E-state index contributed by atoms with van der Waals surface area (Å²) in [6.45, 7) is 4.84. The second-order valence-electron chi connectivity index (χ2n) is 8.09. The Hall–Kier alpha value is -4.20. The van der Waals surface area contributed by atoms with Crippen LogP contribution in [0.1, 0.15) is 12.8 Å². The molecule has 3 heterocycles. The lowest BCUT2D eigenvalue weighted by Crippen LogP contribution is -2.41. The van der Waals surface area contributed by atoms with E-state index >= 15 is 0 Å². The molecule has 0 spiro atoms. The molecule has 1 saturated heterocycles. The molecule has 0 radical (unpaired) electrons. The summed E-state index contributed by atoms with van der Waals surface area (Å²) in [5, 5.41) is 5.26. The molecule has 1 amide bonds. The minimum atomic E-state index is -0.0433. The Labute approximate surface area is 197 Å². The topological polar surface area (TPSA) is 89.5 Å². The van der Waals surface area contributed by atoms with Crippen LogP contribution in [0.4, 0.5) is 11.5 Å². The molecule has 0 saturated carbocycles. The van der Waals surface area contributed by atoms with Gasteiger partial charge >= 0.3 is 0 Å². The SMILES string of the molecule is C=CC(=O)N1CCC(Oc2cc3c(Nc4ccnc5ccccc45)ncnc3cc2OC)CC1. The van der Waals surface area contributed by atoms with E-state index in [0.717, 1.165) is 40.3 Å². The van der Waals surface area contributed by atoms with Gasteiger partial charge in [0.25, 0.3) is 0 Å². The summed E-state index contributed by atoms with van der Waals surface area (Å²) in [6, 6.07) is 13.7. The van der Waals surface area contributed by atoms with Crippen molar-refractivity contribution in [2.24, 2.45) is 0 Å². The molecule has 5 rings (SSSR count). The van der Waals surface area contributed by atoms with E-state index in [2.05, 4.69) is 26.8 Å². The van der Waals surface area contributed by atoms with Crippen LogP contribution < -0.4 is 14.8 Å². The predicted octanol–water partition coefficient (Wildman–Crippen LogP) is 4.49. The summed E-state index contributed by atoms with van der Waals surface area (Å²) in [5.74, 6) is 1.86. The number of rotatable bonds is 6. The lowest BCUT2D eigenvalue weighted by Gasteiger charge is -2.31. The Bertz CT molecular complexity index is 1360. The Morgan fingerprint density at radius 3 is 2.68 bits per heavy atom. The Morgan fingerprint density at radius 1 is 1.06 bits per heavy atom. The number of methoxy groups -OCH3 is 1. The lowest BCUT2D eigenvalue weighted by atomic mass is 10.1. The van der Waals surface area contributed by atoms with Gasteiger partial charge in [0, 0.05) is 49.0 Å². The summed E-state index contributed by atoms with van der Waals surface area (Å²) >= 11 is 0. The third kappa shape index (κ3) is 4.22. The highest BCUT2D eigenvalue weighted by atomic mass is 16.5. The van der Waals surface area contributed by atoms with E-state index in [4.69, 9.17) is 9.47 Å². The Kier molecular flexibility index (Phi) is 5.95. The first kappa shape index (κ1) is 21.6. The zero-order valence-corrected chi connectivity index (χ0v) is 18.9. The first-order valence-electron chi connectivity index (χ1n) is 11.2. The van der Waals surface area contributed by atoms with Gasteiger partial charge in [0.2, 0.25) is 5.91 Å². The number of nitrogens with zero attached hydrogens (tertiary/aromatic N) is 4. The van der Waals surface area contributed by atoms with Crippen LogP contribution in [0, 0.1) is 0 Å². The summed E-state index contributed by atoms with van der Waals surface area (Å²) in [6.07, 6.45) is 6.11. The van der Waals surface area contributed by atoms with Gasteiger partial charge in [-0.1, -0.05) is 24.8 Å². The molecule has 2 aromatic carbocycles. The summed E-state index contributed by atoms with van der Waals surface area (Å²) in [4.78, 5) is 27.0. The third-order valence-electron chi connectivity index (χ3n) is 6.04. The number of carbonyl (C=O) groups excluding carboxylic acids is 1. The molecule has 8 heteroatoms. The van der Waals surface area contributed by atoms with Crippen molar-refractivity contribution >= 4 is 39.2 Å². The van der Waals surface area contributed by atoms with Crippen LogP contribution in [0.25, 0.3) is 21.8 Å². The second kappa shape index (κ2) is 9.35. The van der Waals surface area contributed by atoms with Crippen molar-refractivity contribution in [1.82, 2.24) is 19.9 Å². The van der Waals surface area contributed by atoms with E-state index in [1.165, 1.54) is 12.4 Å². The van der Waals surface area contributed by atoms with Crippen LogP contribution in [0.3, 0.4) is 0 Å². The fraction of sp³-hybridized carbons (Fsp3) is 0.231. The fourth-order valence-corrected chi connectivity index (χ4v) is 4.25. The molecule has 172 valence electrons. The van der Waals surface area contributed by atoms with Gasteiger partial charge < -0.3 is 19.7 Å². The monoisotopic (exact) mass is 455 g/mol. The van der Waals surface area contributed by atoms with E-state index < -0.39 is 0 Å². The highest BCUT2D eigenvalue weighted by Crippen LogP contribution is 2.36. The van der Waals surface area contributed by atoms with Crippen LogP contribution in [-0.2, 0) is 4.79 Å². The normalized spacial score (nSPS) is 14.2. The number of amides is 1. The number of aromatic nitrogens is 3. The molecule has 2 aromatic heterocycles. The first-order valence-corrected chi connectivity index (χ1v) is 11.2. The van der Waals surface area contributed by atoms with Crippen LogP contribution >= 0.6 is 0 Å². The lowest BCUT2D eigenvalue weighted by molar-refractivity contribution is -0.127. The fourth-order valence-electron chi connectivity index (χ4n) is 4.25. The predicted molar refractivity (Wildman–Crippen MR) is 132 cm³/mol. The molecule has 1 N–H and O–H groups in total. The van der Waals surface area contributed by atoms with Gasteiger partial charge in [-0.2, -0.15) is 0 Å². The van der Waals surface area contributed by atoms with Crippen molar-refractivity contribution in [1.29, 1.82) is 0 Å². The van der Waals surface area contributed by atoms with Crippen LogP contribution in [0.15, 0.2) is 67.6 Å². The van der Waals surface area contributed by atoms with E-state index in [9.17, 15) is 4.79 Å². The second-order valence-corrected chi connectivity index (χ2v) is 8.09. The van der Waals surface area contributed by atoms with Gasteiger partial charge in [0.05, 0.1) is 23.8 Å². The summed E-state index contributed by atoms with van der Waals surface area (Å²) in [5.41, 5.74) is 2.55. The highest BCUT2D eigenvalue weighted by molar-refractivity contribution is 5.98. The molecule has 0 aliphatic carbocycles. The van der Waals surface area contributed by atoms with E-state index in [0.29, 0.717) is 30.4 Å². The number of ether oxygens (including phenoxy) is 2. The minimum Gasteiger partial charge on any atom is -0.493 e. The van der Waals surface area contributed by atoms with Crippen molar-refractivity contribution < 1.29 is 14.3 Å². The molecule has 34 heavy (non-hydrogen) atoms. The van der Waals surface area contributed by atoms with Crippen molar-refractivity contribution in [3.63, 3.8) is 0 Å². The first-order chi connectivity index (χ1) is 16.7. The molecular weight excluding hydrogens is 430 g/mol. The zero-order chi connectivity index (χ0) is 23.5. The van der Waals surface area contributed by atoms with Gasteiger partial charge in [-0.25, -0.2) is 9.97 Å². The molecular formula is C26H25N5O3. The molecule has 0 unspecified atom stereocenters. The van der Waals surface area contributed by atoms with E-state index in [1.807, 2.05) is 42.5 Å². The number of pyridine rings is 1. The Balaban J connectivity index is 1.45. The third-order valence-corrected chi connectivity index (χ3v) is 6.04. The van der Waals surface area contributed by atoms with Gasteiger partial charge in [-0.3, -0.25) is 9.78 Å². The number of para-hydroxylation sites is 1. The summed E-state index contributed by atoms with van der Waals surface area (Å²) in [7, 11) is 1.61. The number of benzene rings is 2. The maximum absolute atomic E-state index is 11.9. The number of carbonyl (C=O) groups is 1. The van der Waals surface area contributed by atoms with Crippen LogP contribution in [0.2, 0.25) is 0 Å². The minimum absolute atomic E-state index is 0.0228. The number of hydrogen-bond donors (Lipinski definition) is 1.